The van der Waals surface area contributed by atoms with E-state index >= 15 is 0 Å². The predicted octanol–water partition coefficient (Wildman–Crippen LogP) is 6.53. The maximum absolute atomic E-state index is 13.4. The highest BCUT2D eigenvalue weighted by molar-refractivity contribution is 5.95. The second-order valence-electron chi connectivity index (χ2n) is 11.0. The number of rotatable bonds is 5. The summed E-state index contributed by atoms with van der Waals surface area (Å²) in [4.78, 5) is 20.2. The van der Waals surface area contributed by atoms with E-state index in [1.165, 1.54) is 10.6 Å². The fourth-order valence-electron chi connectivity index (χ4n) is 3.58. The van der Waals surface area contributed by atoms with Gasteiger partial charge in [0, 0.05) is 18.2 Å². The Morgan fingerprint density at radius 2 is 1.46 bits per heavy atom. The summed E-state index contributed by atoms with van der Waals surface area (Å²) in [6, 6.07) is 17.4. The first-order valence-corrected chi connectivity index (χ1v) is 11.7. The molecule has 1 amide bonds. The van der Waals surface area contributed by atoms with Gasteiger partial charge in [-0.3, -0.25) is 15.2 Å². The number of anilines is 1. The smallest absolute Gasteiger partial charge is 0.267 e. The number of nitrogens with one attached hydrogen (secondary N) is 1. The van der Waals surface area contributed by atoms with Gasteiger partial charge in [0.25, 0.3) is 5.91 Å². The third kappa shape index (κ3) is 7.29. The number of halogens is 3. The Hall–Kier alpha value is -3.93. The van der Waals surface area contributed by atoms with Crippen molar-refractivity contribution >= 4 is 11.7 Å². The number of hydrogen-bond donors (Lipinski definition) is 1. The lowest BCUT2D eigenvalue weighted by Crippen LogP contribution is -2.47. The molecule has 0 spiro atoms. The topological polar surface area (TPSA) is 81.9 Å². The SMILES string of the molecule is CC(C)(C)CN(NC(=O)c1ccc(-c2ccc(C(C)(C)C)cc2)cc1)c1cc(C(F)(F)F)nc(C#N)n1. The van der Waals surface area contributed by atoms with E-state index in [1.807, 2.05) is 45.0 Å². The maximum Gasteiger partial charge on any atom is 0.433 e. The zero-order valence-electron chi connectivity index (χ0n) is 21.7. The summed E-state index contributed by atoms with van der Waals surface area (Å²) in [5, 5.41) is 10.4. The number of benzene rings is 2. The van der Waals surface area contributed by atoms with Crippen molar-refractivity contribution < 1.29 is 18.0 Å². The molecule has 3 rings (SSSR count). The molecule has 0 radical (unpaired) electrons. The second-order valence-corrected chi connectivity index (χ2v) is 11.0. The molecule has 0 aliphatic rings. The Labute approximate surface area is 215 Å². The van der Waals surface area contributed by atoms with Crippen molar-refractivity contribution in [2.24, 2.45) is 5.41 Å². The van der Waals surface area contributed by atoms with Crippen LogP contribution < -0.4 is 10.4 Å². The van der Waals surface area contributed by atoms with Crippen molar-refractivity contribution in [2.45, 2.75) is 53.1 Å². The zero-order valence-corrected chi connectivity index (χ0v) is 21.7. The van der Waals surface area contributed by atoms with Gasteiger partial charge in [0.2, 0.25) is 5.82 Å². The quantitative estimate of drug-likeness (QED) is 0.396. The molecule has 37 heavy (non-hydrogen) atoms. The molecule has 3 aromatic rings. The van der Waals surface area contributed by atoms with E-state index in [4.69, 9.17) is 5.26 Å². The Bertz CT molecular complexity index is 1300. The van der Waals surface area contributed by atoms with Crippen LogP contribution in [0, 0.1) is 16.7 Å². The molecule has 0 aliphatic carbocycles. The molecule has 0 unspecified atom stereocenters. The van der Waals surface area contributed by atoms with E-state index in [0.717, 1.165) is 17.2 Å². The summed E-state index contributed by atoms with van der Waals surface area (Å²) in [6.45, 7) is 12.2. The monoisotopic (exact) mass is 509 g/mol. The first kappa shape index (κ1) is 27.7. The summed E-state index contributed by atoms with van der Waals surface area (Å²) in [7, 11) is 0. The summed E-state index contributed by atoms with van der Waals surface area (Å²) in [5.74, 6) is -1.39. The van der Waals surface area contributed by atoms with Gasteiger partial charge in [0.15, 0.2) is 11.5 Å². The number of hydrogen-bond acceptors (Lipinski definition) is 5. The first-order valence-electron chi connectivity index (χ1n) is 11.7. The molecule has 1 heterocycles. The largest absolute Gasteiger partial charge is 0.433 e. The van der Waals surface area contributed by atoms with Crippen molar-refractivity contribution in [3.63, 3.8) is 0 Å². The number of nitriles is 1. The zero-order chi connectivity index (χ0) is 27.6. The van der Waals surface area contributed by atoms with Crippen molar-refractivity contribution in [2.75, 3.05) is 11.6 Å². The highest BCUT2D eigenvalue weighted by Crippen LogP contribution is 2.30. The van der Waals surface area contributed by atoms with Crippen LogP contribution in [0.15, 0.2) is 54.6 Å². The number of hydrazine groups is 1. The van der Waals surface area contributed by atoms with Crippen LogP contribution in [0.5, 0.6) is 0 Å². The number of carbonyl (C=O) groups excluding carboxylic acids is 1. The van der Waals surface area contributed by atoms with Gasteiger partial charge in [-0.25, -0.2) is 4.98 Å². The van der Waals surface area contributed by atoms with Gasteiger partial charge < -0.3 is 0 Å². The van der Waals surface area contributed by atoms with Crippen molar-refractivity contribution in [1.29, 1.82) is 5.26 Å². The van der Waals surface area contributed by atoms with Crippen LogP contribution >= 0.6 is 0 Å². The Morgan fingerprint density at radius 3 is 1.92 bits per heavy atom. The number of carbonyl (C=O) groups is 1. The van der Waals surface area contributed by atoms with Crippen molar-refractivity contribution in [1.82, 2.24) is 15.4 Å². The average Bonchev–Trinajstić information content (AvgIpc) is 2.81. The number of aromatic nitrogens is 2. The summed E-state index contributed by atoms with van der Waals surface area (Å²) < 4.78 is 40.1. The molecular weight excluding hydrogens is 479 g/mol. The minimum absolute atomic E-state index is 0.0396. The molecule has 6 nitrogen and oxygen atoms in total. The van der Waals surface area contributed by atoms with Crippen LogP contribution in [0.1, 0.15) is 69.0 Å². The standard InChI is InChI=1S/C28H30F3N5O/c1-26(2,3)17-36(24-15-22(28(29,30)31)33-23(16-32)34-24)35-25(37)20-9-7-18(8-10-20)19-11-13-21(14-12-19)27(4,5)6/h7-15H,17H2,1-6H3,(H,35,37). The highest BCUT2D eigenvalue weighted by atomic mass is 19.4. The van der Waals surface area contributed by atoms with Gasteiger partial charge in [-0.2, -0.15) is 23.4 Å². The molecule has 1 N–H and O–H groups in total. The van der Waals surface area contributed by atoms with Crippen LogP contribution in [0.25, 0.3) is 11.1 Å². The van der Waals surface area contributed by atoms with Gasteiger partial charge in [-0.15, -0.1) is 0 Å². The van der Waals surface area contributed by atoms with E-state index in [-0.39, 0.29) is 17.8 Å². The van der Waals surface area contributed by atoms with Crippen LogP contribution in [0.4, 0.5) is 19.0 Å². The van der Waals surface area contributed by atoms with Crippen molar-refractivity contribution in [3.8, 4) is 17.2 Å². The molecule has 1 aromatic heterocycles. The number of nitrogens with zero attached hydrogens (tertiary/aromatic N) is 4. The van der Waals surface area contributed by atoms with E-state index in [9.17, 15) is 18.0 Å². The minimum Gasteiger partial charge on any atom is -0.267 e. The lowest BCUT2D eigenvalue weighted by atomic mass is 9.86. The van der Waals surface area contributed by atoms with Gasteiger partial charge in [-0.05, 0) is 39.7 Å². The van der Waals surface area contributed by atoms with Gasteiger partial charge in [0.05, 0.1) is 0 Å². The van der Waals surface area contributed by atoms with Gasteiger partial charge >= 0.3 is 6.18 Å². The fraction of sp³-hybridized carbons (Fsp3) is 0.357. The van der Waals surface area contributed by atoms with E-state index in [1.54, 1.807) is 18.2 Å². The third-order valence-corrected chi connectivity index (χ3v) is 5.48. The van der Waals surface area contributed by atoms with Crippen LogP contribution in [0.2, 0.25) is 0 Å². The van der Waals surface area contributed by atoms with Crippen LogP contribution in [0.3, 0.4) is 0 Å². The second kappa shape index (κ2) is 10.2. The lowest BCUT2D eigenvalue weighted by molar-refractivity contribution is -0.141. The predicted molar refractivity (Wildman–Crippen MR) is 137 cm³/mol. The van der Waals surface area contributed by atoms with Gasteiger partial charge in [0.1, 0.15) is 6.07 Å². The molecule has 0 saturated heterocycles. The number of amides is 1. The average molecular weight is 510 g/mol. The Balaban J connectivity index is 1.88. The molecule has 0 fully saturated rings. The molecule has 2 aromatic carbocycles. The molecule has 9 heteroatoms. The van der Waals surface area contributed by atoms with Gasteiger partial charge in [-0.1, -0.05) is 77.9 Å². The molecular formula is C28H30F3N5O. The third-order valence-electron chi connectivity index (χ3n) is 5.48. The van der Waals surface area contributed by atoms with Crippen LogP contribution in [-0.4, -0.2) is 22.4 Å². The van der Waals surface area contributed by atoms with E-state index in [0.29, 0.717) is 5.56 Å². The van der Waals surface area contributed by atoms with E-state index in [2.05, 4.69) is 48.3 Å². The Morgan fingerprint density at radius 1 is 0.919 bits per heavy atom. The highest BCUT2D eigenvalue weighted by Gasteiger charge is 2.35. The van der Waals surface area contributed by atoms with E-state index < -0.39 is 29.0 Å². The fourth-order valence-corrected chi connectivity index (χ4v) is 3.58. The number of alkyl halides is 3. The Kier molecular flexibility index (Phi) is 7.63. The molecule has 0 bridgehead atoms. The first-order chi connectivity index (χ1) is 17.1. The minimum atomic E-state index is -4.78. The van der Waals surface area contributed by atoms with Crippen LogP contribution in [-0.2, 0) is 11.6 Å². The summed E-state index contributed by atoms with van der Waals surface area (Å²) >= 11 is 0. The maximum atomic E-state index is 13.4. The normalized spacial score (nSPS) is 12.1. The molecule has 0 atom stereocenters. The van der Waals surface area contributed by atoms with Crippen molar-refractivity contribution in [3.05, 3.63) is 77.2 Å². The lowest BCUT2D eigenvalue weighted by Gasteiger charge is -2.31. The summed E-state index contributed by atoms with van der Waals surface area (Å²) in [5.41, 5.74) is 4.46. The summed E-state index contributed by atoms with van der Waals surface area (Å²) in [6.07, 6.45) is -4.78. The molecule has 0 aliphatic heterocycles. The molecule has 0 saturated carbocycles. The molecule has 194 valence electrons.